The highest BCUT2D eigenvalue weighted by molar-refractivity contribution is 6.06. The maximum absolute atomic E-state index is 13.5. The fraction of sp³-hybridized carbons (Fsp3) is 0.167. The molecule has 106 valence electrons. The van der Waals surface area contributed by atoms with Crippen LogP contribution in [0.4, 0.5) is 24.5 Å². The number of hydrogen-bond acceptors (Lipinski definition) is 3. The van der Waals surface area contributed by atoms with Crippen LogP contribution >= 0.6 is 0 Å². The van der Waals surface area contributed by atoms with Gasteiger partial charge in [0.1, 0.15) is 5.69 Å². The Morgan fingerprint density at radius 3 is 2.50 bits per heavy atom. The largest absolute Gasteiger partial charge is 0.395 e. The third-order valence-electron chi connectivity index (χ3n) is 2.77. The number of benzene rings is 1. The Kier molecular flexibility index (Phi) is 3.39. The van der Waals surface area contributed by atoms with Gasteiger partial charge in [0.05, 0.1) is 17.1 Å². The van der Waals surface area contributed by atoms with E-state index in [1.165, 1.54) is 11.7 Å². The molecule has 1 heterocycles. The Labute approximate surface area is 112 Å². The van der Waals surface area contributed by atoms with Crippen LogP contribution in [0.5, 0.6) is 0 Å². The van der Waals surface area contributed by atoms with Gasteiger partial charge < -0.3 is 11.1 Å². The molecule has 5 nitrogen and oxygen atoms in total. The molecule has 0 atom stereocenters. The third kappa shape index (κ3) is 2.20. The van der Waals surface area contributed by atoms with Crippen LogP contribution in [0.2, 0.25) is 0 Å². The van der Waals surface area contributed by atoms with E-state index < -0.39 is 29.0 Å². The Hall–Kier alpha value is -2.51. The molecule has 0 spiro atoms. The fourth-order valence-electron chi connectivity index (χ4n) is 1.75. The van der Waals surface area contributed by atoms with Crippen molar-refractivity contribution in [1.82, 2.24) is 9.78 Å². The fourth-order valence-corrected chi connectivity index (χ4v) is 1.75. The van der Waals surface area contributed by atoms with E-state index in [0.717, 1.165) is 6.07 Å². The van der Waals surface area contributed by atoms with Crippen LogP contribution in [-0.4, -0.2) is 15.7 Å². The predicted octanol–water partition coefficient (Wildman–Crippen LogP) is 1.98. The number of anilines is 2. The van der Waals surface area contributed by atoms with Gasteiger partial charge in [-0.25, -0.2) is 13.2 Å². The second-order valence-corrected chi connectivity index (χ2v) is 4.15. The summed E-state index contributed by atoms with van der Waals surface area (Å²) in [4.78, 5) is 12.0. The van der Waals surface area contributed by atoms with Crippen molar-refractivity contribution in [3.8, 4) is 0 Å². The lowest BCUT2D eigenvalue weighted by Gasteiger charge is -2.08. The van der Waals surface area contributed by atoms with Gasteiger partial charge >= 0.3 is 0 Å². The molecule has 2 rings (SSSR count). The Morgan fingerprint density at radius 2 is 1.95 bits per heavy atom. The van der Waals surface area contributed by atoms with Crippen molar-refractivity contribution in [3.05, 3.63) is 41.0 Å². The summed E-state index contributed by atoms with van der Waals surface area (Å²) in [6.45, 7) is 1.60. The van der Waals surface area contributed by atoms with E-state index in [1.807, 2.05) is 0 Å². The summed E-state index contributed by atoms with van der Waals surface area (Å²) in [7, 11) is 1.49. The molecule has 0 fully saturated rings. The molecule has 1 aromatic carbocycles. The van der Waals surface area contributed by atoms with Crippen LogP contribution in [0.25, 0.3) is 0 Å². The van der Waals surface area contributed by atoms with Crippen molar-refractivity contribution >= 4 is 17.3 Å². The molecular weight excluding hydrogens is 273 g/mol. The molecule has 3 N–H and O–H groups in total. The summed E-state index contributed by atoms with van der Waals surface area (Å²) < 4.78 is 40.5. The van der Waals surface area contributed by atoms with Gasteiger partial charge in [-0.05, 0) is 19.1 Å². The molecule has 0 unspecified atom stereocenters. The Morgan fingerprint density at radius 1 is 1.30 bits per heavy atom. The predicted molar refractivity (Wildman–Crippen MR) is 66.6 cm³/mol. The molecule has 0 saturated heterocycles. The van der Waals surface area contributed by atoms with Crippen LogP contribution in [0, 0.1) is 24.4 Å². The highest BCUT2D eigenvalue weighted by Crippen LogP contribution is 2.22. The monoisotopic (exact) mass is 284 g/mol. The number of rotatable bonds is 2. The first-order chi connectivity index (χ1) is 9.32. The average Bonchev–Trinajstić information content (AvgIpc) is 2.64. The standard InChI is InChI=1S/C12H11F3N4O/c1-5-10(16)11(19(2)18-5)12(20)17-7-4-3-6(13)8(14)9(7)15/h3-4H,16H2,1-2H3,(H,17,20). The highest BCUT2D eigenvalue weighted by atomic mass is 19.2. The maximum Gasteiger partial charge on any atom is 0.276 e. The molecule has 0 radical (unpaired) electrons. The summed E-state index contributed by atoms with van der Waals surface area (Å²) in [6, 6.07) is 1.64. The van der Waals surface area contributed by atoms with Gasteiger partial charge in [-0.3, -0.25) is 9.48 Å². The second kappa shape index (κ2) is 4.87. The molecule has 1 amide bonds. The van der Waals surface area contributed by atoms with Crippen molar-refractivity contribution < 1.29 is 18.0 Å². The van der Waals surface area contributed by atoms with Gasteiger partial charge in [0.2, 0.25) is 0 Å². The molecule has 0 saturated carbocycles. The number of amides is 1. The smallest absolute Gasteiger partial charge is 0.276 e. The van der Waals surface area contributed by atoms with Crippen molar-refractivity contribution in [2.75, 3.05) is 11.1 Å². The average molecular weight is 284 g/mol. The zero-order valence-corrected chi connectivity index (χ0v) is 10.7. The van der Waals surface area contributed by atoms with E-state index in [4.69, 9.17) is 5.73 Å². The topological polar surface area (TPSA) is 72.9 Å². The zero-order valence-electron chi connectivity index (χ0n) is 10.7. The van der Waals surface area contributed by atoms with Crippen molar-refractivity contribution in [3.63, 3.8) is 0 Å². The molecule has 0 aliphatic rings. The minimum atomic E-state index is -1.66. The molecular formula is C12H11F3N4O. The second-order valence-electron chi connectivity index (χ2n) is 4.15. The first-order valence-electron chi connectivity index (χ1n) is 5.56. The van der Waals surface area contributed by atoms with Gasteiger partial charge in [-0.1, -0.05) is 0 Å². The molecule has 0 bridgehead atoms. The van der Waals surface area contributed by atoms with E-state index in [2.05, 4.69) is 10.4 Å². The lowest BCUT2D eigenvalue weighted by atomic mass is 10.2. The summed E-state index contributed by atoms with van der Waals surface area (Å²) in [5.41, 5.74) is 5.77. The van der Waals surface area contributed by atoms with Crippen molar-refractivity contribution in [2.24, 2.45) is 7.05 Å². The van der Waals surface area contributed by atoms with Crippen LogP contribution in [0.15, 0.2) is 12.1 Å². The number of nitrogen functional groups attached to an aromatic ring is 1. The molecule has 0 aliphatic carbocycles. The van der Waals surface area contributed by atoms with Gasteiger partial charge in [0, 0.05) is 7.05 Å². The number of nitrogens with two attached hydrogens (primary N) is 1. The minimum absolute atomic E-state index is 0.00614. The van der Waals surface area contributed by atoms with Gasteiger partial charge in [-0.15, -0.1) is 0 Å². The van der Waals surface area contributed by atoms with Crippen LogP contribution in [-0.2, 0) is 7.05 Å². The minimum Gasteiger partial charge on any atom is -0.395 e. The van der Waals surface area contributed by atoms with Gasteiger partial charge in [-0.2, -0.15) is 5.10 Å². The van der Waals surface area contributed by atoms with Crippen LogP contribution < -0.4 is 11.1 Å². The Balaban J connectivity index is 2.35. The summed E-state index contributed by atoms with van der Waals surface area (Å²) in [6.07, 6.45) is 0. The van der Waals surface area contributed by atoms with Crippen LogP contribution in [0.3, 0.4) is 0 Å². The number of nitrogens with zero attached hydrogens (tertiary/aromatic N) is 2. The maximum atomic E-state index is 13.5. The van der Waals surface area contributed by atoms with E-state index in [-0.39, 0.29) is 11.4 Å². The van der Waals surface area contributed by atoms with Crippen molar-refractivity contribution in [1.29, 1.82) is 0 Å². The number of aromatic nitrogens is 2. The number of nitrogens with one attached hydrogen (secondary N) is 1. The molecule has 2 aromatic rings. The first-order valence-corrected chi connectivity index (χ1v) is 5.56. The highest BCUT2D eigenvalue weighted by Gasteiger charge is 2.21. The van der Waals surface area contributed by atoms with E-state index in [0.29, 0.717) is 11.8 Å². The van der Waals surface area contributed by atoms with E-state index >= 15 is 0 Å². The number of halogens is 3. The number of carbonyl (C=O) groups excluding carboxylic acids is 1. The molecule has 20 heavy (non-hydrogen) atoms. The first kappa shape index (κ1) is 13.9. The Bertz CT molecular complexity index is 696. The number of aryl methyl sites for hydroxylation is 2. The summed E-state index contributed by atoms with van der Waals surface area (Å²) >= 11 is 0. The van der Waals surface area contributed by atoms with E-state index in [1.54, 1.807) is 6.92 Å². The molecule has 0 aliphatic heterocycles. The van der Waals surface area contributed by atoms with Crippen LogP contribution in [0.1, 0.15) is 16.2 Å². The number of hydrogen-bond donors (Lipinski definition) is 2. The molecule has 8 heteroatoms. The zero-order chi connectivity index (χ0) is 15.0. The third-order valence-corrected chi connectivity index (χ3v) is 2.77. The number of carbonyl (C=O) groups is 1. The SMILES string of the molecule is Cc1nn(C)c(C(=O)Nc2ccc(F)c(F)c2F)c1N. The quantitative estimate of drug-likeness (QED) is 0.828. The normalized spacial score (nSPS) is 10.7. The van der Waals surface area contributed by atoms with E-state index in [9.17, 15) is 18.0 Å². The molecule has 1 aromatic heterocycles. The lowest BCUT2D eigenvalue weighted by molar-refractivity contribution is 0.101. The summed E-state index contributed by atoms with van der Waals surface area (Å²) in [5, 5.41) is 6.06. The van der Waals surface area contributed by atoms with Gasteiger partial charge in [0.15, 0.2) is 17.5 Å². The van der Waals surface area contributed by atoms with Gasteiger partial charge in [0.25, 0.3) is 5.91 Å². The lowest BCUT2D eigenvalue weighted by Crippen LogP contribution is -2.18. The van der Waals surface area contributed by atoms with Crippen molar-refractivity contribution in [2.45, 2.75) is 6.92 Å². The summed E-state index contributed by atoms with van der Waals surface area (Å²) in [5.74, 6) is -5.24.